The Morgan fingerprint density at radius 3 is 2.39 bits per heavy atom. The van der Waals surface area contributed by atoms with Crippen molar-refractivity contribution < 1.29 is 19.4 Å². The van der Waals surface area contributed by atoms with E-state index in [-0.39, 0.29) is 29.7 Å². The number of carbonyl (C=O) groups is 1. The Hall–Kier alpha value is -0.600. The van der Waals surface area contributed by atoms with Crippen molar-refractivity contribution in [2.75, 3.05) is 12.3 Å². The second kappa shape index (κ2) is 6.53. The van der Waals surface area contributed by atoms with Crippen molar-refractivity contribution in [1.29, 1.82) is 0 Å². The monoisotopic (exact) mass is 274 g/mol. The summed E-state index contributed by atoms with van der Waals surface area (Å²) in [6.07, 6.45) is 5.93. The van der Waals surface area contributed by atoms with E-state index in [9.17, 15) is 14.3 Å². The SMILES string of the molecule is CC(C)CP(=O)(O)C/C(=C\C1CCCC1)C(=O)O. The molecule has 0 aliphatic heterocycles. The van der Waals surface area contributed by atoms with E-state index in [1.807, 2.05) is 13.8 Å². The lowest BCUT2D eigenvalue weighted by Gasteiger charge is -2.15. The lowest BCUT2D eigenvalue weighted by Crippen LogP contribution is -2.11. The molecule has 0 aromatic heterocycles. The second-order valence-corrected chi connectivity index (χ2v) is 8.00. The highest BCUT2D eigenvalue weighted by Gasteiger charge is 2.26. The summed E-state index contributed by atoms with van der Waals surface area (Å²) < 4.78 is 12.0. The summed E-state index contributed by atoms with van der Waals surface area (Å²) in [5, 5.41) is 9.13. The molecule has 0 saturated heterocycles. The smallest absolute Gasteiger partial charge is 0.331 e. The zero-order valence-corrected chi connectivity index (χ0v) is 12.0. The van der Waals surface area contributed by atoms with Gasteiger partial charge < -0.3 is 10.00 Å². The summed E-state index contributed by atoms with van der Waals surface area (Å²) >= 11 is 0. The van der Waals surface area contributed by atoms with Gasteiger partial charge in [-0.2, -0.15) is 0 Å². The number of carboxylic acids is 1. The van der Waals surface area contributed by atoms with Crippen molar-refractivity contribution >= 4 is 13.3 Å². The van der Waals surface area contributed by atoms with E-state index in [0.717, 1.165) is 25.7 Å². The van der Waals surface area contributed by atoms with Gasteiger partial charge >= 0.3 is 5.97 Å². The molecule has 0 aromatic carbocycles. The molecule has 1 rings (SSSR count). The topological polar surface area (TPSA) is 74.6 Å². The van der Waals surface area contributed by atoms with Gasteiger partial charge in [0.25, 0.3) is 0 Å². The Morgan fingerprint density at radius 2 is 1.94 bits per heavy atom. The van der Waals surface area contributed by atoms with Crippen molar-refractivity contribution in [3.05, 3.63) is 11.6 Å². The third kappa shape index (κ3) is 5.36. The zero-order valence-electron chi connectivity index (χ0n) is 11.1. The molecule has 0 radical (unpaired) electrons. The van der Waals surface area contributed by atoms with Crippen LogP contribution in [0.5, 0.6) is 0 Å². The van der Waals surface area contributed by atoms with Crippen LogP contribution in [0.2, 0.25) is 0 Å². The first-order valence-corrected chi connectivity index (χ1v) is 8.58. The third-order valence-corrected chi connectivity index (χ3v) is 5.31. The van der Waals surface area contributed by atoms with E-state index in [0.29, 0.717) is 0 Å². The van der Waals surface area contributed by atoms with Crippen molar-refractivity contribution in [3.63, 3.8) is 0 Å². The van der Waals surface area contributed by atoms with E-state index in [1.54, 1.807) is 6.08 Å². The van der Waals surface area contributed by atoms with Gasteiger partial charge in [0, 0.05) is 11.7 Å². The number of hydrogen-bond donors (Lipinski definition) is 2. The molecule has 5 heteroatoms. The Labute approximate surface area is 109 Å². The third-order valence-electron chi connectivity index (χ3n) is 3.18. The second-order valence-electron chi connectivity index (χ2n) is 5.62. The lowest BCUT2D eigenvalue weighted by atomic mass is 10.1. The largest absolute Gasteiger partial charge is 0.478 e. The van der Waals surface area contributed by atoms with Crippen LogP contribution in [-0.4, -0.2) is 28.3 Å². The minimum atomic E-state index is -3.36. The van der Waals surface area contributed by atoms with Crippen LogP contribution in [0.3, 0.4) is 0 Å². The minimum Gasteiger partial charge on any atom is -0.478 e. The van der Waals surface area contributed by atoms with Gasteiger partial charge in [-0.15, -0.1) is 0 Å². The average Bonchev–Trinajstić information content (AvgIpc) is 2.66. The first kappa shape index (κ1) is 15.5. The predicted octanol–water partition coefficient (Wildman–Crippen LogP) is 3.11. The van der Waals surface area contributed by atoms with Crippen LogP contribution < -0.4 is 0 Å². The number of carboxylic acid groups (broad SMARTS) is 1. The fourth-order valence-corrected chi connectivity index (χ4v) is 4.54. The quantitative estimate of drug-likeness (QED) is 0.576. The summed E-state index contributed by atoms with van der Waals surface area (Å²) in [5.74, 6) is -0.683. The van der Waals surface area contributed by atoms with Crippen molar-refractivity contribution in [2.24, 2.45) is 11.8 Å². The van der Waals surface area contributed by atoms with Crippen LogP contribution in [0.1, 0.15) is 39.5 Å². The van der Waals surface area contributed by atoms with E-state index >= 15 is 0 Å². The maximum atomic E-state index is 12.0. The first-order valence-electron chi connectivity index (χ1n) is 6.55. The molecule has 18 heavy (non-hydrogen) atoms. The summed E-state index contributed by atoms with van der Waals surface area (Å²) in [6, 6.07) is 0. The van der Waals surface area contributed by atoms with E-state index < -0.39 is 13.3 Å². The van der Waals surface area contributed by atoms with Gasteiger partial charge in [-0.3, -0.25) is 4.57 Å². The van der Waals surface area contributed by atoms with Crippen molar-refractivity contribution in [1.82, 2.24) is 0 Å². The van der Waals surface area contributed by atoms with E-state index in [2.05, 4.69) is 0 Å². The molecule has 1 fully saturated rings. The normalized spacial score (nSPS) is 21.2. The highest BCUT2D eigenvalue weighted by molar-refractivity contribution is 7.58. The Balaban J connectivity index is 2.74. The van der Waals surface area contributed by atoms with Crippen LogP contribution in [0.25, 0.3) is 0 Å². The molecule has 1 aliphatic carbocycles. The van der Waals surface area contributed by atoms with Gasteiger partial charge in [-0.25, -0.2) is 4.79 Å². The molecular formula is C13H23O4P. The van der Waals surface area contributed by atoms with Crippen LogP contribution in [0.15, 0.2) is 11.6 Å². The van der Waals surface area contributed by atoms with Crippen LogP contribution in [0.4, 0.5) is 0 Å². The Morgan fingerprint density at radius 1 is 1.39 bits per heavy atom. The molecule has 1 aliphatic rings. The van der Waals surface area contributed by atoms with Gasteiger partial charge in [0.05, 0.1) is 6.16 Å². The van der Waals surface area contributed by atoms with Crippen LogP contribution >= 0.6 is 7.37 Å². The summed E-state index contributed by atoms with van der Waals surface area (Å²) in [5.41, 5.74) is 0.119. The molecule has 0 heterocycles. The number of aliphatic carboxylic acids is 1. The fraction of sp³-hybridized carbons (Fsp3) is 0.769. The maximum absolute atomic E-state index is 12.0. The average molecular weight is 274 g/mol. The molecule has 104 valence electrons. The maximum Gasteiger partial charge on any atom is 0.331 e. The number of hydrogen-bond acceptors (Lipinski definition) is 2. The minimum absolute atomic E-state index is 0.0994. The molecule has 2 N–H and O–H groups in total. The van der Waals surface area contributed by atoms with Gasteiger partial charge in [-0.1, -0.05) is 32.8 Å². The fourth-order valence-electron chi connectivity index (χ4n) is 2.50. The molecule has 0 spiro atoms. The van der Waals surface area contributed by atoms with Gasteiger partial charge in [-0.05, 0) is 24.7 Å². The van der Waals surface area contributed by atoms with Gasteiger partial charge in [0.1, 0.15) is 0 Å². The number of rotatable bonds is 6. The molecule has 1 atom stereocenters. The molecule has 1 unspecified atom stereocenters. The van der Waals surface area contributed by atoms with E-state index in [1.165, 1.54) is 0 Å². The molecule has 4 nitrogen and oxygen atoms in total. The summed E-state index contributed by atoms with van der Waals surface area (Å²) in [4.78, 5) is 21.0. The Bertz CT molecular complexity index is 367. The highest BCUT2D eigenvalue weighted by atomic mass is 31.2. The molecule has 0 aromatic rings. The van der Waals surface area contributed by atoms with Gasteiger partial charge in [0.2, 0.25) is 7.37 Å². The highest BCUT2D eigenvalue weighted by Crippen LogP contribution is 2.44. The summed E-state index contributed by atoms with van der Waals surface area (Å²) in [7, 11) is -3.36. The van der Waals surface area contributed by atoms with Crippen molar-refractivity contribution in [2.45, 2.75) is 39.5 Å². The van der Waals surface area contributed by atoms with Crippen molar-refractivity contribution in [3.8, 4) is 0 Å². The lowest BCUT2D eigenvalue weighted by molar-refractivity contribution is -0.132. The van der Waals surface area contributed by atoms with Crippen LogP contribution in [0, 0.1) is 11.8 Å². The zero-order chi connectivity index (χ0) is 13.8. The van der Waals surface area contributed by atoms with Gasteiger partial charge in [0.15, 0.2) is 0 Å². The molecule has 0 amide bonds. The van der Waals surface area contributed by atoms with E-state index in [4.69, 9.17) is 5.11 Å². The summed E-state index contributed by atoms with van der Waals surface area (Å²) in [6.45, 7) is 3.73. The first-order chi connectivity index (χ1) is 8.30. The predicted molar refractivity (Wildman–Crippen MR) is 72.1 cm³/mol. The molecular weight excluding hydrogens is 251 g/mol. The standard InChI is InChI=1S/C13H23O4P/c1-10(2)8-18(16,17)9-12(13(14)15)7-11-5-3-4-6-11/h7,10-11H,3-6,8-9H2,1-2H3,(H,14,15)(H,16,17)/b12-7+. The Kier molecular flexibility index (Phi) is 5.61. The molecule has 1 saturated carbocycles. The van der Waals surface area contributed by atoms with Crippen LogP contribution in [-0.2, 0) is 9.36 Å². The molecule has 0 bridgehead atoms. The number of allylic oxidation sites excluding steroid dienone is 1.